The average molecular weight is 738 g/mol. The van der Waals surface area contributed by atoms with Gasteiger partial charge in [-0.1, -0.05) is 0 Å². The van der Waals surface area contributed by atoms with E-state index in [2.05, 4.69) is 10.6 Å². The summed E-state index contributed by atoms with van der Waals surface area (Å²) in [5, 5.41) is 77.4. The van der Waals surface area contributed by atoms with Crippen molar-refractivity contribution in [3.05, 3.63) is 0 Å². The highest BCUT2D eigenvalue weighted by Gasteiger charge is 2.55. The summed E-state index contributed by atoms with van der Waals surface area (Å²) in [7, 11) is 0. The minimum atomic E-state index is -1.81. The Balaban J connectivity index is 1.33. The Bertz CT molecular complexity index is 1190. The summed E-state index contributed by atoms with van der Waals surface area (Å²) in [6, 6.07) is -4.29. The number of rotatable bonds is 12. The highest BCUT2D eigenvalue weighted by molar-refractivity contribution is 5.87. The molecule has 3 heterocycles. The largest absolute Gasteiger partial charge is 0.394 e. The molecule has 0 unspecified atom stereocenters. The molecule has 294 valence electrons. The second-order valence-electron chi connectivity index (χ2n) is 14.1. The predicted molar refractivity (Wildman–Crippen MR) is 173 cm³/mol. The number of carbonyl (C=O) groups is 1. The maximum absolute atomic E-state index is 13.2. The molecule has 5 aliphatic rings. The number of aliphatic hydroxyl groups is 6. The standard InChI is InChI=1S/C29H55N9O13/c30-6-10-1-2-11(32)24(46-10)49-21-12(33)3-13(38-27(44)29(45)4-9(5-29)37-28(35)36)17(40)23(21)51-26-20(43)22(15(8-39)48-26)50-25-16(34)19(42)18(41)14(7-31)47-25/h9-26,39-43,45H,1-8,30-34H2,(H,38,44)(H4,35,36,37)/t9?,10-,11+,12-,13+,14-,15+,16+,17-,18+,19+,20+,21+,22+,23+,24+,25+,26-,29?/m0/s1. The zero-order valence-electron chi connectivity index (χ0n) is 28.1. The van der Waals surface area contributed by atoms with Crippen LogP contribution in [-0.4, -0.2) is 178 Å². The van der Waals surface area contributed by atoms with Crippen LogP contribution in [0.5, 0.6) is 0 Å². The van der Waals surface area contributed by atoms with Crippen LogP contribution in [0.3, 0.4) is 0 Å². The Morgan fingerprint density at radius 1 is 0.784 bits per heavy atom. The maximum atomic E-state index is 13.2. The molecule has 2 aliphatic carbocycles. The van der Waals surface area contributed by atoms with Crippen LogP contribution in [0.15, 0.2) is 0 Å². The number of amides is 1. The average Bonchev–Trinajstić information content (AvgIpc) is 3.37. The lowest BCUT2D eigenvalue weighted by molar-refractivity contribution is -0.289. The topological polar surface area (TPSA) is 398 Å². The normalized spacial score (nSPS) is 48.8. The van der Waals surface area contributed by atoms with Crippen LogP contribution in [0.2, 0.25) is 0 Å². The number of ether oxygens (including phenoxy) is 6. The third kappa shape index (κ3) is 8.57. The Morgan fingerprint density at radius 3 is 2.06 bits per heavy atom. The first-order valence-corrected chi connectivity index (χ1v) is 17.2. The molecule has 5 rings (SSSR count). The van der Waals surface area contributed by atoms with Gasteiger partial charge in [-0.3, -0.25) is 10.2 Å². The molecule has 3 saturated heterocycles. The molecule has 0 aromatic carbocycles. The molecule has 21 N–H and O–H groups in total. The second kappa shape index (κ2) is 16.6. The van der Waals surface area contributed by atoms with E-state index in [0.29, 0.717) is 12.8 Å². The lowest BCUT2D eigenvalue weighted by Crippen LogP contribution is -2.69. The first-order chi connectivity index (χ1) is 24.1. The van der Waals surface area contributed by atoms with Crippen LogP contribution >= 0.6 is 0 Å². The van der Waals surface area contributed by atoms with E-state index in [1.54, 1.807) is 0 Å². The van der Waals surface area contributed by atoms with E-state index in [9.17, 15) is 35.4 Å². The summed E-state index contributed by atoms with van der Waals surface area (Å²) in [4.78, 5) is 13.2. The molecule has 0 aromatic rings. The monoisotopic (exact) mass is 737 g/mol. The van der Waals surface area contributed by atoms with Crippen molar-refractivity contribution in [2.45, 2.75) is 148 Å². The number of aliphatic hydroxyl groups excluding tert-OH is 5. The van der Waals surface area contributed by atoms with Crippen LogP contribution in [0.1, 0.15) is 32.1 Å². The van der Waals surface area contributed by atoms with Gasteiger partial charge < -0.3 is 104 Å². The Kier molecular flexibility index (Phi) is 13.1. The molecule has 22 heteroatoms. The van der Waals surface area contributed by atoms with Gasteiger partial charge in [0.25, 0.3) is 5.91 Å². The fourth-order valence-electron chi connectivity index (χ4n) is 7.33. The molecule has 1 amide bonds. The van der Waals surface area contributed by atoms with E-state index in [1.807, 2.05) is 0 Å². The molecular formula is C29H55N9O13. The second-order valence-corrected chi connectivity index (χ2v) is 14.1. The van der Waals surface area contributed by atoms with Gasteiger partial charge in [0.15, 0.2) is 24.8 Å². The van der Waals surface area contributed by atoms with Crippen molar-refractivity contribution in [2.24, 2.45) is 34.4 Å². The molecule has 22 nitrogen and oxygen atoms in total. The molecule has 2 saturated carbocycles. The summed E-state index contributed by atoms with van der Waals surface area (Å²) in [5.41, 5.74) is 34.0. The van der Waals surface area contributed by atoms with Crippen LogP contribution in [0.4, 0.5) is 0 Å². The number of hydrogen-bond acceptors (Lipinski definition) is 19. The van der Waals surface area contributed by atoms with E-state index in [4.69, 9.17) is 68.2 Å². The van der Waals surface area contributed by atoms with Gasteiger partial charge in [-0.2, -0.15) is 0 Å². The molecular weight excluding hydrogens is 682 g/mol. The number of nitrogens with one attached hydrogen (secondary N) is 3. The Morgan fingerprint density at radius 2 is 1.43 bits per heavy atom. The van der Waals surface area contributed by atoms with Crippen molar-refractivity contribution in [1.82, 2.24) is 10.6 Å². The molecule has 5 fully saturated rings. The lowest BCUT2D eigenvalue weighted by atomic mass is 9.74. The van der Waals surface area contributed by atoms with Crippen molar-refractivity contribution < 1.29 is 63.9 Å². The number of hydrogen-bond donors (Lipinski definition) is 15. The van der Waals surface area contributed by atoms with Crippen LogP contribution in [0, 0.1) is 5.41 Å². The summed E-state index contributed by atoms with van der Waals surface area (Å²) >= 11 is 0. The zero-order valence-corrected chi connectivity index (χ0v) is 28.1. The lowest BCUT2D eigenvalue weighted by Gasteiger charge is -2.48. The van der Waals surface area contributed by atoms with Crippen molar-refractivity contribution in [3.63, 3.8) is 0 Å². The van der Waals surface area contributed by atoms with E-state index in [0.717, 1.165) is 0 Å². The van der Waals surface area contributed by atoms with Crippen molar-refractivity contribution >= 4 is 11.9 Å². The quantitative estimate of drug-likeness (QED) is 0.0653. The third-order valence-electron chi connectivity index (χ3n) is 10.4. The van der Waals surface area contributed by atoms with Gasteiger partial charge in [-0.25, -0.2) is 0 Å². The minimum absolute atomic E-state index is 0.0411. The number of nitrogens with two attached hydrogens (primary N) is 6. The molecule has 0 aromatic heterocycles. The molecule has 51 heavy (non-hydrogen) atoms. The van der Waals surface area contributed by atoms with Crippen LogP contribution < -0.4 is 45.0 Å². The molecule has 0 radical (unpaired) electrons. The summed E-state index contributed by atoms with van der Waals surface area (Å²) in [6.45, 7) is -0.659. The molecule has 3 aliphatic heterocycles. The predicted octanol–water partition coefficient (Wildman–Crippen LogP) is -8.30. The van der Waals surface area contributed by atoms with Gasteiger partial charge in [0.1, 0.15) is 60.5 Å². The van der Waals surface area contributed by atoms with Gasteiger partial charge in [0, 0.05) is 38.0 Å². The summed E-state index contributed by atoms with van der Waals surface area (Å²) in [6.07, 6.45) is -15.7. The van der Waals surface area contributed by atoms with Crippen molar-refractivity contribution in [1.29, 1.82) is 5.41 Å². The Labute approximate surface area is 293 Å². The zero-order chi connectivity index (χ0) is 37.4. The van der Waals surface area contributed by atoms with Gasteiger partial charge in [0.2, 0.25) is 0 Å². The van der Waals surface area contributed by atoms with E-state index in [1.165, 1.54) is 0 Å². The fourth-order valence-corrected chi connectivity index (χ4v) is 7.33. The van der Waals surface area contributed by atoms with Crippen molar-refractivity contribution in [2.75, 3.05) is 19.7 Å². The van der Waals surface area contributed by atoms with Crippen molar-refractivity contribution in [3.8, 4) is 0 Å². The van der Waals surface area contributed by atoms with Crippen LogP contribution in [0.25, 0.3) is 0 Å². The first-order valence-electron chi connectivity index (χ1n) is 17.2. The maximum Gasteiger partial charge on any atom is 0.252 e. The highest BCUT2D eigenvalue weighted by Crippen LogP contribution is 2.36. The number of carbonyl (C=O) groups excluding carboxylic acids is 1. The van der Waals surface area contributed by atoms with Gasteiger partial charge in [-0.15, -0.1) is 0 Å². The molecule has 17 atom stereocenters. The Hall–Kier alpha value is -1.94. The minimum Gasteiger partial charge on any atom is -0.394 e. The van der Waals surface area contributed by atoms with E-state index < -0.39 is 122 Å². The van der Waals surface area contributed by atoms with Gasteiger partial charge in [-0.05, 0) is 19.3 Å². The number of guanidine groups is 1. The highest BCUT2D eigenvalue weighted by atomic mass is 16.8. The molecule has 0 spiro atoms. The molecule has 0 bridgehead atoms. The van der Waals surface area contributed by atoms with E-state index >= 15 is 0 Å². The fraction of sp³-hybridized carbons (Fsp3) is 0.931. The smallest absolute Gasteiger partial charge is 0.252 e. The SMILES string of the molecule is N=C(N)NC1CC(O)(C(=O)N[C@@H]2C[C@H](N)[C@@H](O[C@H]3O[C@H](CN)CC[C@H]3N)[C@H](O[C@@H]3O[C@H](CO)[C@@H](O[C@H]4O[C@@H](CN)[C@@H](O)[C@H](O)[C@H]4N)[C@H]3O)[C@H]2O)C1. The third-order valence-corrected chi connectivity index (χ3v) is 10.4. The van der Waals surface area contributed by atoms with Crippen LogP contribution in [-0.2, 0) is 33.2 Å². The summed E-state index contributed by atoms with van der Waals surface area (Å²) < 4.78 is 35.7. The summed E-state index contributed by atoms with van der Waals surface area (Å²) in [5.74, 6) is -1.10. The van der Waals surface area contributed by atoms with Gasteiger partial charge in [0.05, 0.1) is 30.8 Å². The first kappa shape index (κ1) is 40.2. The van der Waals surface area contributed by atoms with Gasteiger partial charge >= 0.3 is 0 Å². The van der Waals surface area contributed by atoms with E-state index in [-0.39, 0.29) is 44.4 Å².